The number of carbonyl (C=O) groups excluding carboxylic acids is 4. The smallest absolute Gasteiger partial charge is 0.308 e. The van der Waals surface area contributed by atoms with Gasteiger partial charge >= 0.3 is 5.97 Å². The number of nitrogens with zero attached hydrogens (tertiary/aromatic N) is 2. The predicted molar refractivity (Wildman–Crippen MR) is 258 cm³/mol. The van der Waals surface area contributed by atoms with Gasteiger partial charge in [-0.1, -0.05) is 45.4 Å². The summed E-state index contributed by atoms with van der Waals surface area (Å²) in [6.07, 6.45) is -6.41. The summed E-state index contributed by atoms with van der Waals surface area (Å²) in [4.78, 5) is 60.2. The molecular weight excluding hydrogens is 895 g/mol. The zero-order valence-electron chi connectivity index (χ0n) is 44.3. The maximum atomic E-state index is 14.6. The Kier molecular flexibility index (Phi) is 23.9. The summed E-state index contributed by atoms with van der Waals surface area (Å²) in [6.45, 7) is 21.6. The van der Waals surface area contributed by atoms with Crippen LogP contribution in [0.2, 0.25) is 0 Å². The molecule has 2 fully saturated rings. The summed E-state index contributed by atoms with van der Waals surface area (Å²) >= 11 is 0. The third-order valence-electron chi connectivity index (χ3n) is 13.7. The lowest BCUT2D eigenvalue weighted by molar-refractivity contribution is -0.304. The van der Waals surface area contributed by atoms with Crippen molar-refractivity contribution < 1.29 is 72.8 Å². The SMILES string of the molecule is CCCC(=O)N(C(C)C)C(C[C@H]1C[C@@H](C)C(=O)/C=C/C(C)=C/[C@H](CO[C@H]2O[C@@H](C)[C@H](O)[C@H](OC)[C@@H]2OC)[C@@H](CC)OC(=O)C[C@@H](O)[C@H](C)[C@H]1O[C@@H]1O[C@H](C)[C@@H](O)[C@H](N(C)C)[C@H]1O)C(=O)NC(C)(C)C. The molecule has 0 aromatic carbocycles. The maximum absolute atomic E-state index is 14.6. The Labute approximate surface area is 411 Å². The largest absolute Gasteiger partial charge is 0.462 e. The molecule has 2 amide bonds. The van der Waals surface area contributed by atoms with Crippen molar-refractivity contribution in [1.82, 2.24) is 15.1 Å². The standard InChI is InChI=1S/C51H89N3O15/c1-17-19-39(57)54(27(3)4)35(48(62)52-51(10,11)12)24-33-23-29(6)36(55)21-20-28(5)22-34(26-65-50-47(64-16)46(63-15)43(60)32(9)67-50)38(18-2)68-40(58)25-37(56)30(7)45(33)69-49-44(61)41(53(13)14)42(59)31(8)66-49/h20-22,27,29-35,37-38,41-47,49-50,56,59-61H,17-19,23-26H2,1-16H3,(H,52,62)/b21-20+,28-22+/t29-,30+,31-,32+,33-,34-,35?,37-,38-,41+,42-,43+,44-,45-,46+,47+,49+,50+/m1/s1. The first-order valence-corrected chi connectivity index (χ1v) is 25.0. The zero-order valence-corrected chi connectivity index (χ0v) is 44.3. The Hall–Kier alpha value is -2.88. The minimum Gasteiger partial charge on any atom is -0.462 e. The molecule has 18 atom stereocenters. The first-order valence-electron chi connectivity index (χ1n) is 25.0. The van der Waals surface area contributed by atoms with Gasteiger partial charge in [-0.25, -0.2) is 0 Å². The highest BCUT2D eigenvalue weighted by Gasteiger charge is 2.49. The molecule has 3 heterocycles. The average Bonchev–Trinajstić information content (AvgIpc) is 3.25. The van der Waals surface area contributed by atoms with Gasteiger partial charge in [-0.15, -0.1) is 0 Å². The Morgan fingerprint density at radius 3 is 2.04 bits per heavy atom. The van der Waals surface area contributed by atoms with E-state index in [9.17, 15) is 39.6 Å². The molecule has 0 radical (unpaired) electrons. The fourth-order valence-corrected chi connectivity index (χ4v) is 9.89. The van der Waals surface area contributed by atoms with Crippen LogP contribution in [0.5, 0.6) is 0 Å². The molecule has 5 N–H and O–H groups in total. The van der Waals surface area contributed by atoms with Crippen LogP contribution in [-0.4, -0.2) is 186 Å². The van der Waals surface area contributed by atoms with Gasteiger partial charge in [-0.05, 0) is 107 Å². The normalized spacial score (nSPS) is 37.4. The predicted octanol–water partition coefficient (Wildman–Crippen LogP) is 3.68. The number of nitrogens with one attached hydrogen (secondary N) is 1. The zero-order chi connectivity index (χ0) is 52.2. The highest BCUT2D eigenvalue weighted by atomic mass is 16.7. The number of rotatable bonds is 16. The minimum atomic E-state index is -1.43. The second kappa shape index (κ2) is 27.3. The van der Waals surface area contributed by atoms with Gasteiger partial charge in [-0.2, -0.15) is 0 Å². The molecule has 0 aromatic rings. The van der Waals surface area contributed by atoms with Crippen LogP contribution in [-0.2, 0) is 52.3 Å². The molecule has 18 nitrogen and oxygen atoms in total. The van der Waals surface area contributed by atoms with Gasteiger partial charge in [0.2, 0.25) is 11.8 Å². The molecule has 1 unspecified atom stereocenters. The first-order chi connectivity index (χ1) is 32.2. The molecule has 0 aliphatic carbocycles. The summed E-state index contributed by atoms with van der Waals surface area (Å²) in [6, 6.07) is -2.30. The number of likely N-dealkylation sites (N-methyl/N-ethyl adjacent to an activating group) is 1. The van der Waals surface area contributed by atoms with Crippen molar-refractivity contribution in [1.29, 1.82) is 0 Å². The van der Waals surface area contributed by atoms with E-state index >= 15 is 0 Å². The number of ketones is 1. The van der Waals surface area contributed by atoms with E-state index in [-0.39, 0.29) is 37.6 Å². The molecule has 18 heteroatoms. The monoisotopic (exact) mass is 984 g/mol. The van der Waals surface area contributed by atoms with Gasteiger partial charge < -0.3 is 68.7 Å². The number of aliphatic hydroxyl groups is 4. The lowest BCUT2D eigenvalue weighted by atomic mass is 9.77. The van der Waals surface area contributed by atoms with Gasteiger partial charge in [0.05, 0.1) is 49.6 Å². The van der Waals surface area contributed by atoms with Crippen LogP contribution in [0.4, 0.5) is 0 Å². The number of allylic oxidation sites excluding steroid dienone is 3. The fraction of sp³-hybridized carbons (Fsp3) is 0.843. The molecule has 3 rings (SSSR count). The molecule has 0 spiro atoms. The number of esters is 1. The van der Waals surface area contributed by atoms with Crippen molar-refractivity contribution in [3.63, 3.8) is 0 Å². The second-order valence-corrected chi connectivity index (χ2v) is 21.1. The summed E-state index contributed by atoms with van der Waals surface area (Å²) < 4.78 is 42.7. The highest BCUT2D eigenvalue weighted by Crippen LogP contribution is 2.37. The lowest BCUT2D eigenvalue weighted by Gasteiger charge is -2.47. The lowest BCUT2D eigenvalue weighted by Crippen LogP contribution is -2.63. The van der Waals surface area contributed by atoms with E-state index in [1.807, 2.05) is 61.5 Å². The number of ether oxygens (including phenoxy) is 7. The molecule has 69 heavy (non-hydrogen) atoms. The molecule has 3 aliphatic rings. The van der Waals surface area contributed by atoms with Crippen molar-refractivity contribution >= 4 is 23.6 Å². The van der Waals surface area contributed by atoms with E-state index < -0.39 is 139 Å². The van der Waals surface area contributed by atoms with Crippen molar-refractivity contribution in [2.24, 2.45) is 23.7 Å². The van der Waals surface area contributed by atoms with Crippen LogP contribution in [0.3, 0.4) is 0 Å². The van der Waals surface area contributed by atoms with Crippen molar-refractivity contribution in [2.45, 2.75) is 219 Å². The van der Waals surface area contributed by atoms with Crippen LogP contribution in [0, 0.1) is 23.7 Å². The minimum absolute atomic E-state index is 0.0233. The van der Waals surface area contributed by atoms with Gasteiger partial charge in [0.15, 0.2) is 18.4 Å². The average molecular weight is 984 g/mol. The van der Waals surface area contributed by atoms with Gasteiger partial charge in [0.25, 0.3) is 0 Å². The molecular formula is C51H89N3O15. The summed E-state index contributed by atoms with van der Waals surface area (Å²) in [7, 11) is 6.36. The van der Waals surface area contributed by atoms with E-state index in [1.165, 1.54) is 20.3 Å². The summed E-state index contributed by atoms with van der Waals surface area (Å²) in [5.74, 6) is -4.60. The topological polar surface area (TPSA) is 232 Å². The van der Waals surface area contributed by atoms with Crippen molar-refractivity contribution in [3.05, 3.63) is 23.8 Å². The van der Waals surface area contributed by atoms with E-state index in [0.29, 0.717) is 18.4 Å². The number of hydrogen-bond donors (Lipinski definition) is 5. The Morgan fingerprint density at radius 2 is 1.49 bits per heavy atom. The number of aliphatic hydroxyl groups excluding tert-OH is 4. The quantitative estimate of drug-likeness (QED) is 0.139. The number of hydrogen-bond acceptors (Lipinski definition) is 16. The van der Waals surface area contributed by atoms with Crippen LogP contribution >= 0.6 is 0 Å². The van der Waals surface area contributed by atoms with Gasteiger partial charge in [0.1, 0.15) is 36.6 Å². The van der Waals surface area contributed by atoms with Crippen molar-refractivity contribution in [3.8, 4) is 0 Å². The summed E-state index contributed by atoms with van der Waals surface area (Å²) in [5, 5.41) is 48.9. The van der Waals surface area contributed by atoms with Gasteiger partial charge in [-0.3, -0.25) is 19.2 Å². The second-order valence-electron chi connectivity index (χ2n) is 21.1. The molecule has 0 aromatic heterocycles. The number of methoxy groups -OCH3 is 2. The number of carbonyl (C=O) groups is 4. The Balaban J connectivity index is 2.23. The van der Waals surface area contributed by atoms with E-state index in [1.54, 1.807) is 57.7 Å². The molecule has 2 saturated heterocycles. The first kappa shape index (κ1) is 60.4. The fourth-order valence-electron chi connectivity index (χ4n) is 9.89. The number of cyclic esters (lactones) is 1. The van der Waals surface area contributed by atoms with E-state index in [4.69, 9.17) is 33.2 Å². The highest BCUT2D eigenvalue weighted by molar-refractivity contribution is 5.92. The molecule has 0 saturated carbocycles. The van der Waals surface area contributed by atoms with Gasteiger partial charge in [0, 0.05) is 50.0 Å². The van der Waals surface area contributed by atoms with Crippen LogP contribution < -0.4 is 5.32 Å². The third kappa shape index (κ3) is 16.6. The third-order valence-corrected chi connectivity index (χ3v) is 13.7. The van der Waals surface area contributed by atoms with Crippen LogP contribution in [0.25, 0.3) is 0 Å². The van der Waals surface area contributed by atoms with Crippen LogP contribution in [0.15, 0.2) is 23.8 Å². The van der Waals surface area contributed by atoms with Crippen LogP contribution in [0.1, 0.15) is 122 Å². The summed E-state index contributed by atoms with van der Waals surface area (Å²) in [5.41, 5.74) is -0.0178. The number of amides is 2. The van der Waals surface area contributed by atoms with E-state index in [2.05, 4.69) is 5.32 Å². The van der Waals surface area contributed by atoms with Crippen molar-refractivity contribution in [2.75, 3.05) is 34.9 Å². The Morgan fingerprint density at radius 1 is 0.884 bits per heavy atom. The molecule has 0 bridgehead atoms. The molecule has 398 valence electrons. The van der Waals surface area contributed by atoms with E-state index in [0.717, 1.165) is 0 Å². The molecule has 3 aliphatic heterocycles. The Bertz CT molecular complexity index is 1700. The maximum Gasteiger partial charge on any atom is 0.308 e.